The average Bonchev–Trinajstić information content (AvgIpc) is 3.27. The molecule has 31 heavy (non-hydrogen) atoms. The van der Waals surface area contributed by atoms with Crippen LogP contribution in [0.3, 0.4) is 0 Å². The summed E-state index contributed by atoms with van der Waals surface area (Å²) in [5.74, 6) is 0.492. The van der Waals surface area contributed by atoms with Crippen LogP contribution < -0.4 is 5.32 Å². The van der Waals surface area contributed by atoms with Crippen molar-refractivity contribution in [3.05, 3.63) is 29.1 Å². The lowest BCUT2D eigenvalue weighted by Gasteiger charge is -2.33. The first-order valence-corrected chi connectivity index (χ1v) is 11.3. The van der Waals surface area contributed by atoms with Gasteiger partial charge in [0.1, 0.15) is 0 Å². The number of carbonyl (C=O) groups excluding carboxylic acids is 1. The van der Waals surface area contributed by atoms with Crippen LogP contribution in [0, 0.1) is 16.7 Å². The fourth-order valence-electron chi connectivity index (χ4n) is 5.54. The van der Waals surface area contributed by atoms with Crippen LogP contribution in [-0.4, -0.2) is 52.0 Å². The maximum absolute atomic E-state index is 13.5. The zero-order chi connectivity index (χ0) is 22.6. The Morgan fingerprint density at radius 2 is 2.16 bits per heavy atom. The molecule has 1 amide bonds. The summed E-state index contributed by atoms with van der Waals surface area (Å²) in [6.07, 6.45) is -0.749. The van der Waals surface area contributed by atoms with E-state index in [1.807, 2.05) is 6.92 Å². The zero-order valence-electron chi connectivity index (χ0n) is 17.8. The molecular weight excluding hydrogens is 431 g/mol. The smallest absolute Gasteiger partial charge is 0.396 e. The van der Waals surface area contributed by atoms with Gasteiger partial charge in [-0.05, 0) is 36.8 Å². The number of hydrogen-bond acceptors (Lipinski definition) is 4. The molecule has 1 aromatic heterocycles. The number of aromatic nitrogens is 1. The number of alkyl halides is 4. The van der Waals surface area contributed by atoms with Gasteiger partial charge in [-0.25, -0.2) is 0 Å². The van der Waals surface area contributed by atoms with Gasteiger partial charge in [-0.1, -0.05) is 13.8 Å². The minimum atomic E-state index is -4.45. The van der Waals surface area contributed by atoms with E-state index < -0.39 is 22.6 Å². The fourth-order valence-corrected chi connectivity index (χ4v) is 5.71. The van der Waals surface area contributed by atoms with Crippen molar-refractivity contribution in [3.63, 3.8) is 0 Å². The third kappa shape index (κ3) is 3.85. The van der Waals surface area contributed by atoms with Gasteiger partial charge >= 0.3 is 6.18 Å². The molecule has 2 fully saturated rings. The highest BCUT2D eigenvalue weighted by molar-refractivity contribution is 6.18. The van der Waals surface area contributed by atoms with E-state index in [1.165, 1.54) is 0 Å². The van der Waals surface area contributed by atoms with Crippen molar-refractivity contribution >= 4 is 17.5 Å². The Morgan fingerprint density at radius 1 is 1.42 bits per heavy atom. The van der Waals surface area contributed by atoms with E-state index in [2.05, 4.69) is 17.2 Å². The van der Waals surface area contributed by atoms with Crippen molar-refractivity contribution in [1.29, 1.82) is 0 Å². The normalized spacial score (nSPS) is 32.3. The first-order chi connectivity index (χ1) is 14.5. The number of fused-ring (bicyclic) bond motifs is 2. The van der Waals surface area contributed by atoms with Crippen molar-refractivity contribution < 1.29 is 23.1 Å². The Balaban J connectivity index is 1.50. The third-order valence-corrected chi connectivity index (χ3v) is 8.38. The summed E-state index contributed by atoms with van der Waals surface area (Å²) in [6.45, 7) is 4.75. The average molecular weight is 460 g/mol. The molecule has 9 heteroatoms. The van der Waals surface area contributed by atoms with Crippen LogP contribution in [0.25, 0.3) is 0 Å². The summed E-state index contributed by atoms with van der Waals surface area (Å²) in [4.78, 5) is 19.4. The lowest BCUT2D eigenvalue weighted by Crippen LogP contribution is -2.42. The molecule has 5 nitrogen and oxygen atoms in total. The Labute approximate surface area is 185 Å². The van der Waals surface area contributed by atoms with Gasteiger partial charge in [-0.3, -0.25) is 9.78 Å². The Hall–Kier alpha value is -1.38. The fraction of sp³-hybridized carbons (Fsp3) is 0.727. The highest BCUT2D eigenvalue weighted by Crippen LogP contribution is 2.54. The monoisotopic (exact) mass is 459 g/mol. The number of pyridine rings is 1. The largest absolute Gasteiger partial charge is 0.417 e. The van der Waals surface area contributed by atoms with Gasteiger partial charge in [0.2, 0.25) is 5.91 Å². The number of nitrogens with zero attached hydrogens (tertiary/aromatic N) is 2. The molecule has 1 spiro atoms. The van der Waals surface area contributed by atoms with E-state index >= 15 is 0 Å². The Kier molecular flexibility index (Phi) is 5.80. The lowest BCUT2D eigenvalue weighted by molar-refractivity contribution is -0.138. The molecule has 1 aliphatic carbocycles. The van der Waals surface area contributed by atoms with Crippen LogP contribution in [0.15, 0.2) is 12.3 Å². The van der Waals surface area contributed by atoms with E-state index in [-0.39, 0.29) is 37.1 Å². The predicted octanol–water partition coefficient (Wildman–Crippen LogP) is 3.37. The quantitative estimate of drug-likeness (QED) is 0.663. The van der Waals surface area contributed by atoms with Gasteiger partial charge in [0.25, 0.3) is 0 Å². The van der Waals surface area contributed by atoms with Gasteiger partial charge < -0.3 is 15.3 Å². The standard InChI is InChI=1S/C22H29ClF3N3O2/c1-13-18-6-17-14(5-15(8-27-17)22(24,25)26)9-29(18)19(31)21(13)4-3-16(7-21)28-11-20(2,10-23)12-30/h5,8,13,16,18,28,30H,3-4,6-7,9-12H2,1-2H3/t13?,16-,18?,20?,21+/m1/s1. The Morgan fingerprint density at radius 3 is 2.81 bits per heavy atom. The molecule has 1 aromatic rings. The van der Waals surface area contributed by atoms with Gasteiger partial charge in [0.05, 0.1) is 17.6 Å². The predicted molar refractivity (Wildman–Crippen MR) is 110 cm³/mol. The summed E-state index contributed by atoms with van der Waals surface area (Å²) < 4.78 is 39.3. The maximum atomic E-state index is 13.5. The van der Waals surface area contributed by atoms with Crippen LogP contribution in [0.4, 0.5) is 13.2 Å². The van der Waals surface area contributed by atoms with Crippen molar-refractivity contribution in [2.75, 3.05) is 19.0 Å². The number of amides is 1. The molecule has 0 radical (unpaired) electrons. The van der Waals surface area contributed by atoms with E-state index in [4.69, 9.17) is 11.6 Å². The minimum Gasteiger partial charge on any atom is -0.396 e. The molecule has 1 saturated carbocycles. The highest BCUT2D eigenvalue weighted by atomic mass is 35.5. The minimum absolute atomic E-state index is 0.0162. The van der Waals surface area contributed by atoms with Gasteiger partial charge in [-0.15, -0.1) is 11.6 Å². The first kappa shape index (κ1) is 22.8. The summed E-state index contributed by atoms with van der Waals surface area (Å²) in [7, 11) is 0. The number of halogens is 4. The summed E-state index contributed by atoms with van der Waals surface area (Å²) in [6, 6.07) is 1.26. The van der Waals surface area contributed by atoms with Gasteiger partial charge in [-0.2, -0.15) is 13.2 Å². The molecule has 1 saturated heterocycles. The molecular formula is C22H29ClF3N3O2. The molecule has 3 aliphatic rings. The van der Waals surface area contributed by atoms with E-state index in [0.29, 0.717) is 36.5 Å². The molecule has 3 heterocycles. The number of carbonyl (C=O) groups is 1. The topological polar surface area (TPSA) is 65.5 Å². The molecule has 2 N–H and O–H groups in total. The van der Waals surface area contributed by atoms with Crippen LogP contribution in [-0.2, 0) is 23.9 Å². The molecule has 2 aliphatic heterocycles. The zero-order valence-corrected chi connectivity index (χ0v) is 18.6. The summed E-state index contributed by atoms with van der Waals surface area (Å²) >= 11 is 5.99. The summed E-state index contributed by atoms with van der Waals surface area (Å²) in [5.41, 5.74) is -0.510. The summed E-state index contributed by atoms with van der Waals surface area (Å²) in [5, 5.41) is 13.1. The number of aliphatic hydroxyl groups excluding tert-OH is 1. The van der Waals surface area contributed by atoms with Crippen LogP contribution >= 0.6 is 11.6 Å². The lowest BCUT2D eigenvalue weighted by atomic mass is 9.73. The van der Waals surface area contributed by atoms with E-state index in [9.17, 15) is 23.1 Å². The first-order valence-electron chi connectivity index (χ1n) is 10.8. The van der Waals surface area contributed by atoms with Crippen LogP contribution in [0.2, 0.25) is 0 Å². The van der Waals surface area contributed by atoms with E-state index in [0.717, 1.165) is 25.1 Å². The van der Waals surface area contributed by atoms with Crippen molar-refractivity contribution in [2.24, 2.45) is 16.7 Å². The second kappa shape index (κ2) is 7.89. The van der Waals surface area contributed by atoms with Crippen LogP contribution in [0.5, 0.6) is 0 Å². The second-order valence-corrected chi connectivity index (χ2v) is 10.2. The molecule has 0 aromatic carbocycles. The van der Waals surface area contributed by atoms with Gasteiger partial charge in [0, 0.05) is 54.8 Å². The second-order valence-electron chi connectivity index (χ2n) is 9.90. The number of nitrogens with one attached hydrogen (secondary N) is 1. The molecule has 0 bridgehead atoms. The van der Waals surface area contributed by atoms with E-state index in [1.54, 1.807) is 4.90 Å². The molecule has 3 unspecified atom stereocenters. The maximum Gasteiger partial charge on any atom is 0.417 e. The van der Waals surface area contributed by atoms with Crippen molar-refractivity contribution in [2.45, 2.75) is 64.3 Å². The molecule has 5 atom stereocenters. The van der Waals surface area contributed by atoms with Crippen molar-refractivity contribution in [3.8, 4) is 0 Å². The van der Waals surface area contributed by atoms with Crippen LogP contribution in [0.1, 0.15) is 49.9 Å². The Bertz CT molecular complexity index is 861. The molecule has 4 rings (SSSR count). The van der Waals surface area contributed by atoms with Crippen molar-refractivity contribution in [1.82, 2.24) is 15.2 Å². The SMILES string of the molecule is CC1C2Cc3ncc(C(F)(F)F)cc3CN2C(=O)[C@]12CC[C@@H](NCC(C)(CO)CCl)C2. The van der Waals surface area contributed by atoms with Gasteiger partial charge in [0.15, 0.2) is 0 Å². The number of hydrogen-bond donors (Lipinski definition) is 2. The molecule has 172 valence electrons. The highest BCUT2D eigenvalue weighted by Gasteiger charge is 2.60. The third-order valence-electron chi connectivity index (χ3n) is 7.74. The number of aliphatic hydroxyl groups is 1. The number of rotatable bonds is 5.